The number of anilines is 1. The molecule has 10 heteroatoms. The van der Waals surface area contributed by atoms with Crippen molar-refractivity contribution in [3.05, 3.63) is 60.1 Å². The second-order valence-corrected chi connectivity index (χ2v) is 7.83. The number of morpholine rings is 1. The molecule has 1 aromatic carbocycles. The largest absolute Gasteiger partial charge is 0.470 e. The Kier molecular flexibility index (Phi) is 4.84. The average molecular weight is 443 g/mol. The van der Waals surface area contributed by atoms with E-state index in [1.54, 1.807) is 10.6 Å². The zero-order chi connectivity index (χ0) is 22.2. The number of hydrogen-bond donors (Lipinski definition) is 0. The van der Waals surface area contributed by atoms with Gasteiger partial charge in [0.05, 0.1) is 18.9 Å². The SMILES string of the molecule is Cc1cc(-c2nnc3c4ccccc4c(OCc4cc(N5CCOCC5)ccn4)nn23)no1. The lowest BCUT2D eigenvalue weighted by Gasteiger charge is -2.28. The molecule has 10 nitrogen and oxygen atoms in total. The lowest BCUT2D eigenvalue weighted by molar-refractivity contribution is 0.122. The van der Waals surface area contributed by atoms with Gasteiger partial charge in [0.25, 0.3) is 0 Å². The summed E-state index contributed by atoms with van der Waals surface area (Å²) in [5.74, 6) is 1.65. The van der Waals surface area contributed by atoms with Gasteiger partial charge in [0.15, 0.2) is 11.3 Å². The number of benzene rings is 1. The molecule has 1 saturated heterocycles. The van der Waals surface area contributed by atoms with Crippen LogP contribution in [0.3, 0.4) is 0 Å². The van der Waals surface area contributed by atoms with Gasteiger partial charge in [-0.3, -0.25) is 4.98 Å². The first-order chi connectivity index (χ1) is 16.3. The predicted octanol–water partition coefficient (Wildman–Crippen LogP) is 3.05. The maximum Gasteiger partial charge on any atom is 0.240 e. The van der Waals surface area contributed by atoms with E-state index in [0.717, 1.165) is 48.5 Å². The summed E-state index contributed by atoms with van der Waals surface area (Å²) in [6.07, 6.45) is 1.81. The smallest absolute Gasteiger partial charge is 0.240 e. The predicted molar refractivity (Wildman–Crippen MR) is 120 cm³/mol. The van der Waals surface area contributed by atoms with Crippen LogP contribution in [0.15, 0.2) is 53.2 Å². The van der Waals surface area contributed by atoms with Crippen LogP contribution in [0.5, 0.6) is 5.88 Å². The second kappa shape index (κ2) is 8.14. The van der Waals surface area contributed by atoms with Gasteiger partial charge >= 0.3 is 0 Å². The Bertz CT molecular complexity index is 1440. The summed E-state index contributed by atoms with van der Waals surface area (Å²) in [7, 11) is 0. The maximum atomic E-state index is 6.18. The normalized spacial score (nSPS) is 14.3. The number of fused-ring (bicyclic) bond motifs is 3. The third-order valence-corrected chi connectivity index (χ3v) is 5.62. The highest BCUT2D eigenvalue weighted by Gasteiger charge is 2.19. The molecule has 5 heterocycles. The third kappa shape index (κ3) is 3.64. The Morgan fingerprint density at radius 2 is 1.88 bits per heavy atom. The summed E-state index contributed by atoms with van der Waals surface area (Å²) in [6.45, 7) is 5.30. The summed E-state index contributed by atoms with van der Waals surface area (Å²) >= 11 is 0. The minimum Gasteiger partial charge on any atom is -0.470 e. The van der Waals surface area contributed by atoms with E-state index in [9.17, 15) is 0 Å². The number of rotatable bonds is 5. The van der Waals surface area contributed by atoms with Crippen LogP contribution in [-0.2, 0) is 11.3 Å². The van der Waals surface area contributed by atoms with Crippen LogP contribution >= 0.6 is 0 Å². The van der Waals surface area contributed by atoms with Crippen LogP contribution in [0.4, 0.5) is 5.69 Å². The number of nitrogens with zero attached hydrogens (tertiary/aromatic N) is 7. The monoisotopic (exact) mass is 443 g/mol. The average Bonchev–Trinajstić information content (AvgIpc) is 3.49. The van der Waals surface area contributed by atoms with Crippen molar-refractivity contribution in [1.82, 2.24) is 30.0 Å². The molecule has 0 radical (unpaired) electrons. The van der Waals surface area contributed by atoms with E-state index in [-0.39, 0.29) is 6.61 Å². The van der Waals surface area contributed by atoms with Crippen LogP contribution in [0.2, 0.25) is 0 Å². The Labute approximate surface area is 188 Å². The van der Waals surface area contributed by atoms with E-state index in [4.69, 9.17) is 19.1 Å². The standard InChI is InChI=1S/C23H21N7O3/c1-15-12-20(28-33-15)22-26-25-21-18-4-2-3-5-19(18)23(27-30(21)22)32-14-16-13-17(6-7-24-16)29-8-10-31-11-9-29/h2-7,12-13H,8-11,14H2,1H3. The second-order valence-electron chi connectivity index (χ2n) is 7.83. The fourth-order valence-corrected chi connectivity index (χ4v) is 3.99. The molecule has 166 valence electrons. The van der Waals surface area contributed by atoms with Crippen molar-refractivity contribution in [2.75, 3.05) is 31.2 Å². The molecule has 1 aliphatic rings. The van der Waals surface area contributed by atoms with Crippen LogP contribution in [0.25, 0.3) is 27.9 Å². The van der Waals surface area contributed by atoms with Crippen molar-refractivity contribution >= 4 is 22.1 Å². The molecule has 0 atom stereocenters. The molecular formula is C23H21N7O3. The van der Waals surface area contributed by atoms with Gasteiger partial charge in [-0.15, -0.1) is 15.3 Å². The molecule has 0 amide bonds. The molecule has 0 bridgehead atoms. The first-order valence-corrected chi connectivity index (χ1v) is 10.7. The Morgan fingerprint density at radius 1 is 1.03 bits per heavy atom. The molecule has 1 aliphatic heterocycles. The van der Waals surface area contributed by atoms with E-state index in [1.807, 2.05) is 43.5 Å². The topological polar surface area (TPSA) is 104 Å². The molecule has 0 unspecified atom stereocenters. The van der Waals surface area contributed by atoms with Crippen molar-refractivity contribution in [2.45, 2.75) is 13.5 Å². The van der Waals surface area contributed by atoms with Gasteiger partial charge in [0.2, 0.25) is 11.7 Å². The van der Waals surface area contributed by atoms with Crippen LogP contribution in [0.1, 0.15) is 11.5 Å². The van der Waals surface area contributed by atoms with Gasteiger partial charge < -0.3 is 18.9 Å². The zero-order valence-corrected chi connectivity index (χ0v) is 18.0. The summed E-state index contributed by atoms with van der Waals surface area (Å²) in [4.78, 5) is 6.77. The minimum absolute atomic E-state index is 0.279. The Hall–Kier alpha value is -4.05. The van der Waals surface area contributed by atoms with Crippen LogP contribution in [-0.4, -0.2) is 56.3 Å². The van der Waals surface area contributed by atoms with E-state index in [1.165, 1.54) is 0 Å². The highest BCUT2D eigenvalue weighted by molar-refractivity contribution is 5.96. The number of hydrogen-bond acceptors (Lipinski definition) is 9. The molecular weight excluding hydrogens is 422 g/mol. The number of pyridine rings is 1. The van der Waals surface area contributed by atoms with E-state index >= 15 is 0 Å². The van der Waals surface area contributed by atoms with Gasteiger partial charge in [0, 0.05) is 41.8 Å². The summed E-state index contributed by atoms with van der Waals surface area (Å²) < 4.78 is 18.5. The van der Waals surface area contributed by atoms with Crippen LogP contribution < -0.4 is 9.64 Å². The third-order valence-electron chi connectivity index (χ3n) is 5.62. The Balaban J connectivity index is 1.36. The molecule has 0 N–H and O–H groups in total. The summed E-state index contributed by atoms with van der Waals surface area (Å²) in [5, 5.41) is 19.1. The lowest BCUT2D eigenvalue weighted by atomic mass is 10.2. The van der Waals surface area contributed by atoms with Crippen LogP contribution in [0, 0.1) is 6.92 Å². The molecule has 0 aliphatic carbocycles. The lowest BCUT2D eigenvalue weighted by Crippen LogP contribution is -2.36. The van der Waals surface area contributed by atoms with Crippen molar-refractivity contribution in [2.24, 2.45) is 0 Å². The van der Waals surface area contributed by atoms with E-state index in [0.29, 0.717) is 28.8 Å². The molecule has 6 rings (SSSR count). The molecule has 4 aromatic heterocycles. The van der Waals surface area contributed by atoms with Crippen molar-refractivity contribution in [1.29, 1.82) is 0 Å². The number of aryl methyl sites for hydroxylation is 1. The van der Waals surface area contributed by atoms with Gasteiger partial charge in [0.1, 0.15) is 12.4 Å². The zero-order valence-electron chi connectivity index (χ0n) is 18.0. The first-order valence-electron chi connectivity index (χ1n) is 10.7. The first kappa shape index (κ1) is 19.6. The van der Waals surface area contributed by atoms with E-state index in [2.05, 4.69) is 31.3 Å². The minimum atomic E-state index is 0.279. The number of ether oxygens (including phenoxy) is 2. The number of aromatic nitrogens is 6. The van der Waals surface area contributed by atoms with Gasteiger partial charge in [-0.05, 0) is 25.1 Å². The van der Waals surface area contributed by atoms with E-state index < -0.39 is 0 Å². The van der Waals surface area contributed by atoms with Gasteiger partial charge in [-0.25, -0.2) is 0 Å². The van der Waals surface area contributed by atoms with Gasteiger partial charge in [-0.2, -0.15) is 4.52 Å². The molecule has 33 heavy (non-hydrogen) atoms. The fraction of sp³-hybridized carbons (Fsp3) is 0.261. The van der Waals surface area contributed by atoms with Crippen molar-refractivity contribution < 1.29 is 14.0 Å². The summed E-state index contributed by atoms with van der Waals surface area (Å²) in [6, 6.07) is 13.7. The molecule has 5 aromatic rings. The van der Waals surface area contributed by atoms with Gasteiger partial charge in [-0.1, -0.05) is 23.4 Å². The van der Waals surface area contributed by atoms with Crippen molar-refractivity contribution in [3.63, 3.8) is 0 Å². The molecule has 1 fully saturated rings. The Morgan fingerprint density at radius 3 is 2.70 bits per heavy atom. The summed E-state index contributed by atoms with van der Waals surface area (Å²) in [5.41, 5.74) is 3.12. The molecule has 0 saturated carbocycles. The van der Waals surface area contributed by atoms with Crippen molar-refractivity contribution in [3.8, 4) is 17.4 Å². The highest BCUT2D eigenvalue weighted by atomic mass is 16.5. The molecule has 0 spiro atoms. The maximum absolute atomic E-state index is 6.18. The fourth-order valence-electron chi connectivity index (χ4n) is 3.99. The highest BCUT2D eigenvalue weighted by Crippen LogP contribution is 2.29. The quantitative estimate of drug-likeness (QED) is 0.405.